The lowest BCUT2D eigenvalue weighted by Crippen LogP contribution is -2.34. The van der Waals surface area contributed by atoms with E-state index >= 15 is 0 Å². The second kappa shape index (κ2) is 6.31. The molecule has 8 nitrogen and oxygen atoms in total. The fourth-order valence-corrected chi connectivity index (χ4v) is 4.51. The van der Waals surface area contributed by atoms with Crippen molar-refractivity contribution in [2.75, 3.05) is 12.1 Å². The van der Waals surface area contributed by atoms with Gasteiger partial charge in [0.2, 0.25) is 32.1 Å². The maximum absolute atomic E-state index is 12.8. The number of hydrogen-bond donors (Lipinski definition) is 0. The Balaban J connectivity index is 1.77. The number of nitrogens with zero attached hydrogens (tertiary/aromatic N) is 4. The lowest BCUT2D eigenvalue weighted by molar-refractivity contribution is -0.495. The fourth-order valence-electron chi connectivity index (χ4n) is 3.09. The highest BCUT2D eigenvalue weighted by Crippen LogP contribution is 2.28. The normalized spacial score (nSPS) is 21.1. The molecular weight excluding hydrogens is 380 g/mol. The van der Waals surface area contributed by atoms with Crippen molar-refractivity contribution in [3.05, 3.63) is 60.2 Å². The summed E-state index contributed by atoms with van der Waals surface area (Å²) in [6, 6.07) is 14.8. The minimum Gasteiger partial charge on any atom is -0.286 e. The molecule has 140 valence electrons. The van der Waals surface area contributed by atoms with Crippen molar-refractivity contribution in [3.63, 3.8) is 0 Å². The molecular formula is C19H15N4O4S+. The van der Waals surface area contributed by atoms with Gasteiger partial charge in [0.25, 0.3) is 0 Å². The van der Waals surface area contributed by atoms with Gasteiger partial charge in [0.05, 0.1) is 4.90 Å². The van der Waals surface area contributed by atoms with Crippen LogP contribution in [0.1, 0.15) is 17.3 Å². The Labute approximate surface area is 161 Å². The first kappa shape index (κ1) is 17.9. The van der Waals surface area contributed by atoms with Crippen LogP contribution in [0.3, 0.4) is 0 Å². The van der Waals surface area contributed by atoms with Gasteiger partial charge in [-0.2, -0.15) is 0 Å². The summed E-state index contributed by atoms with van der Waals surface area (Å²) in [7, 11) is -2.37. The number of fused-ring (bicyclic) bond motifs is 1. The molecule has 0 aliphatic carbocycles. The number of carbonyl (C=O) groups is 2. The zero-order valence-electron chi connectivity index (χ0n) is 15.0. The number of ketones is 1. The third-order valence-corrected chi connectivity index (χ3v) is 6.35. The molecule has 2 aliphatic heterocycles. The van der Waals surface area contributed by atoms with Crippen LogP contribution in [0, 0.1) is 0 Å². The monoisotopic (exact) mass is 395 g/mol. The molecule has 0 unspecified atom stereocenters. The highest BCUT2D eigenvalue weighted by atomic mass is 32.2. The summed E-state index contributed by atoms with van der Waals surface area (Å²) in [5, 5.41) is 8.27. The van der Waals surface area contributed by atoms with Gasteiger partial charge in [-0.05, 0) is 24.3 Å². The van der Waals surface area contributed by atoms with E-state index in [9.17, 15) is 18.0 Å². The van der Waals surface area contributed by atoms with E-state index in [0.717, 1.165) is 0 Å². The van der Waals surface area contributed by atoms with Crippen molar-refractivity contribution in [2.45, 2.75) is 11.8 Å². The minimum atomic E-state index is -4.06. The van der Waals surface area contributed by atoms with Crippen LogP contribution < -0.4 is 5.01 Å². The Bertz CT molecular complexity index is 1230. The molecule has 1 amide bonds. The molecule has 9 heteroatoms. The summed E-state index contributed by atoms with van der Waals surface area (Å²) in [5.41, 5.74) is 1.14. The number of rotatable bonds is 2. The van der Waals surface area contributed by atoms with Gasteiger partial charge in [-0.15, -0.1) is 14.9 Å². The molecule has 0 bridgehead atoms. The first-order valence-electron chi connectivity index (χ1n) is 8.35. The van der Waals surface area contributed by atoms with E-state index in [-0.39, 0.29) is 16.2 Å². The second-order valence-corrected chi connectivity index (χ2v) is 8.08. The largest absolute Gasteiger partial charge is 0.340 e. The van der Waals surface area contributed by atoms with Crippen molar-refractivity contribution in [2.24, 2.45) is 10.2 Å². The van der Waals surface area contributed by atoms with Crippen LogP contribution >= 0.6 is 0 Å². The van der Waals surface area contributed by atoms with E-state index in [2.05, 4.69) is 10.2 Å². The molecule has 0 N–H and O–H groups in total. The minimum absolute atomic E-state index is 0.0298. The molecule has 2 aromatic rings. The fraction of sp³-hybridized carbons (Fsp3) is 0.105. The SMILES string of the molecule is CC1=[N+](C)N(c2ccccc2)C(=O)C1=NN=C1C(=O)c2ccccc2S1(=O)=O. The number of hydrazone groups is 1. The van der Waals surface area contributed by atoms with E-state index in [1.165, 1.54) is 23.2 Å². The highest BCUT2D eigenvalue weighted by molar-refractivity contribution is 8.09. The van der Waals surface area contributed by atoms with Crippen LogP contribution in [0.5, 0.6) is 0 Å². The van der Waals surface area contributed by atoms with Crippen molar-refractivity contribution in [1.29, 1.82) is 0 Å². The van der Waals surface area contributed by atoms with Crippen molar-refractivity contribution in [3.8, 4) is 0 Å². The first-order valence-corrected chi connectivity index (χ1v) is 9.84. The number of hydrogen-bond acceptors (Lipinski definition) is 6. The van der Waals surface area contributed by atoms with Gasteiger partial charge in [0, 0.05) is 12.5 Å². The molecule has 4 rings (SSSR count). The number of sulfone groups is 1. The van der Waals surface area contributed by atoms with Gasteiger partial charge in [-0.3, -0.25) is 9.59 Å². The summed E-state index contributed by atoms with van der Waals surface area (Å²) < 4.78 is 26.8. The molecule has 0 spiro atoms. The number of amides is 1. The summed E-state index contributed by atoms with van der Waals surface area (Å²) in [6.07, 6.45) is 0. The summed E-state index contributed by atoms with van der Waals surface area (Å²) in [5.74, 6) is -1.19. The number of hydrazine groups is 1. The standard InChI is InChI=1S/C19H15N4O4S/c1-12-16(19(25)23(22(12)2)13-8-4-3-5-9-13)20-21-18-17(24)14-10-6-7-11-15(14)28(18,26)27/h3-11H,1-2H3/q+1. The average Bonchev–Trinajstić information content (AvgIpc) is 3.02. The summed E-state index contributed by atoms with van der Waals surface area (Å²) in [6.45, 7) is 1.67. The van der Waals surface area contributed by atoms with E-state index < -0.39 is 26.6 Å². The van der Waals surface area contributed by atoms with Gasteiger partial charge < -0.3 is 0 Å². The lowest BCUT2D eigenvalue weighted by Gasteiger charge is -2.09. The second-order valence-electron chi connectivity index (χ2n) is 6.24. The Morgan fingerprint density at radius 3 is 2.25 bits per heavy atom. The first-order chi connectivity index (χ1) is 13.3. The summed E-state index contributed by atoms with van der Waals surface area (Å²) in [4.78, 5) is 25.2. The molecule has 0 fully saturated rings. The van der Waals surface area contributed by atoms with Crippen molar-refractivity contribution < 1.29 is 22.7 Å². The number of para-hydroxylation sites is 1. The zero-order chi connectivity index (χ0) is 20.1. The van der Waals surface area contributed by atoms with Crippen LogP contribution in [0.2, 0.25) is 0 Å². The van der Waals surface area contributed by atoms with Crippen LogP contribution in [0.25, 0.3) is 0 Å². The lowest BCUT2D eigenvalue weighted by atomic mass is 10.1. The predicted molar refractivity (Wildman–Crippen MR) is 104 cm³/mol. The van der Waals surface area contributed by atoms with Gasteiger partial charge in [0.15, 0.2) is 7.05 Å². The zero-order valence-corrected chi connectivity index (χ0v) is 15.8. The third-order valence-electron chi connectivity index (χ3n) is 4.63. The van der Waals surface area contributed by atoms with Gasteiger partial charge in [-0.25, -0.2) is 8.42 Å². The maximum atomic E-state index is 12.8. The Morgan fingerprint density at radius 1 is 0.929 bits per heavy atom. The van der Waals surface area contributed by atoms with Crippen molar-refractivity contribution in [1.82, 2.24) is 0 Å². The summed E-state index contributed by atoms with van der Waals surface area (Å²) >= 11 is 0. The molecule has 2 heterocycles. The quantitative estimate of drug-likeness (QED) is 0.568. The van der Waals surface area contributed by atoms with E-state index in [1.54, 1.807) is 49.0 Å². The van der Waals surface area contributed by atoms with Crippen LogP contribution in [-0.2, 0) is 14.6 Å². The molecule has 2 aliphatic rings. The molecule has 0 atom stereocenters. The van der Waals surface area contributed by atoms with Crippen LogP contribution in [0.15, 0.2) is 69.7 Å². The van der Waals surface area contributed by atoms with Gasteiger partial charge >= 0.3 is 5.91 Å². The van der Waals surface area contributed by atoms with E-state index in [4.69, 9.17) is 0 Å². The van der Waals surface area contributed by atoms with Crippen molar-refractivity contribution >= 4 is 43.7 Å². The van der Waals surface area contributed by atoms with Gasteiger partial charge in [0.1, 0.15) is 5.69 Å². The Hall–Kier alpha value is -3.46. The molecule has 0 radical (unpaired) electrons. The molecule has 0 saturated heterocycles. The number of anilines is 1. The van der Waals surface area contributed by atoms with Crippen LogP contribution in [0.4, 0.5) is 5.69 Å². The highest BCUT2D eigenvalue weighted by Gasteiger charge is 2.43. The molecule has 0 saturated carbocycles. The Morgan fingerprint density at radius 2 is 1.57 bits per heavy atom. The Kier molecular flexibility index (Phi) is 4.04. The number of Topliss-reactive ketones (excluding diaryl/α,β-unsaturated/α-hetero) is 1. The molecule has 2 aromatic carbocycles. The predicted octanol–water partition coefficient (Wildman–Crippen LogP) is 1.48. The molecule has 0 aromatic heterocycles. The number of benzene rings is 2. The number of carbonyl (C=O) groups excluding carboxylic acids is 2. The smallest absolute Gasteiger partial charge is 0.286 e. The van der Waals surface area contributed by atoms with E-state index in [1.807, 2.05) is 6.07 Å². The topological polar surface area (TPSA) is 99.2 Å². The van der Waals surface area contributed by atoms with Gasteiger partial charge in [-0.1, -0.05) is 35.3 Å². The maximum Gasteiger partial charge on any atom is 0.340 e. The van der Waals surface area contributed by atoms with E-state index in [0.29, 0.717) is 11.4 Å². The van der Waals surface area contributed by atoms with Crippen LogP contribution in [-0.4, -0.2) is 48.3 Å². The average molecular weight is 395 g/mol. The molecule has 28 heavy (non-hydrogen) atoms. The third kappa shape index (κ3) is 2.51.